The van der Waals surface area contributed by atoms with Crippen molar-refractivity contribution in [1.29, 1.82) is 0 Å². The minimum Gasteiger partial charge on any atom is -0.456 e. The van der Waals surface area contributed by atoms with E-state index in [0.717, 1.165) is 6.26 Å². The van der Waals surface area contributed by atoms with Crippen LogP contribution in [0.2, 0.25) is 0 Å². The zero-order valence-electron chi connectivity index (χ0n) is 12.3. The third-order valence-electron chi connectivity index (χ3n) is 2.31. The Labute approximate surface area is 120 Å². The molecule has 0 aliphatic carbocycles. The van der Waals surface area contributed by atoms with Crippen LogP contribution >= 0.6 is 0 Å². The standard InChI is InChI=1S/C14H20O5S/c1-10(19-20(5,16)17)11-7-6-8-12(9-11)13(15)18-14(2,3)4/h6-10H,1-5H3. The van der Waals surface area contributed by atoms with Crippen molar-refractivity contribution < 1.29 is 22.1 Å². The van der Waals surface area contributed by atoms with E-state index in [1.807, 2.05) is 0 Å². The molecule has 0 saturated heterocycles. The predicted molar refractivity (Wildman–Crippen MR) is 76.0 cm³/mol. The quantitative estimate of drug-likeness (QED) is 0.631. The Morgan fingerprint density at radius 2 is 1.85 bits per heavy atom. The Bertz CT molecular complexity index is 584. The highest BCUT2D eigenvalue weighted by Crippen LogP contribution is 2.21. The van der Waals surface area contributed by atoms with Gasteiger partial charge < -0.3 is 4.74 Å². The summed E-state index contributed by atoms with van der Waals surface area (Å²) in [7, 11) is -3.55. The summed E-state index contributed by atoms with van der Waals surface area (Å²) in [5.41, 5.74) is 0.377. The molecule has 0 amide bonds. The maximum absolute atomic E-state index is 11.9. The maximum Gasteiger partial charge on any atom is 0.338 e. The van der Waals surface area contributed by atoms with Crippen LogP contribution in [0.15, 0.2) is 24.3 Å². The smallest absolute Gasteiger partial charge is 0.338 e. The first-order valence-corrected chi connectivity index (χ1v) is 8.01. The van der Waals surface area contributed by atoms with Gasteiger partial charge in [0.15, 0.2) is 0 Å². The van der Waals surface area contributed by atoms with Crippen molar-refractivity contribution in [2.75, 3.05) is 6.26 Å². The lowest BCUT2D eigenvalue weighted by atomic mass is 10.1. The van der Waals surface area contributed by atoms with E-state index in [1.54, 1.807) is 52.0 Å². The normalized spacial score (nSPS) is 13.8. The molecule has 1 aromatic carbocycles. The fourth-order valence-electron chi connectivity index (χ4n) is 1.57. The summed E-state index contributed by atoms with van der Waals surface area (Å²) in [5.74, 6) is -0.453. The molecule has 0 N–H and O–H groups in total. The highest BCUT2D eigenvalue weighted by molar-refractivity contribution is 7.86. The van der Waals surface area contributed by atoms with E-state index in [-0.39, 0.29) is 0 Å². The van der Waals surface area contributed by atoms with Crippen molar-refractivity contribution >= 4 is 16.1 Å². The fourth-order valence-corrected chi connectivity index (χ4v) is 2.21. The molecular formula is C14H20O5S. The second-order valence-corrected chi connectivity index (χ2v) is 7.17. The molecule has 1 atom stereocenters. The van der Waals surface area contributed by atoms with Gasteiger partial charge in [-0.2, -0.15) is 8.42 Å². The van der Waals surface area contributed by atoms with Crippen LogP contribution in [0.25, 0.3) is 0 Å². The summed E-state index contributed by atoms with van der Waals surface area (Å²) in [4.78, 5) is 11.9. The molecule has 0 aliphatic rings. The van der Waals surface area contributed by atoms with Crippen LogP contribution < -0.4 is 0 Å². The molecule has 6 heteroatoms. The Morgan fingerprint density at radius 3 is 2.35 bits per heavy atom. The van der Waals surface area contributed by atoms with Crippen molar-refractivity contribution in [1.82, 2.24) is 0 Å². The van der Waals surface area contributed by atoms with Crippen LogP contribution in [-0.2, 0) is 19.0 Å². The zero-order chi connectivity index (χ0) is 15.6. The van der Waals surface area contributed by atoms with E-state index >= 15 is 0 Å². The van der Waals surface area contributed by atoms with Crippen LogP contribution in [0.3, 0.4) is 0 Å². The Morgan fingerprint density at radius 1 is 1.25 bits per heavy atom. The number of hydrogen-bond donors (Lipinski definition) is 0. The SMILES string of the molecule is CC(OS(C)(=O)=O)c1cccc(C(=O)OC(C)(C)C)c1. The number of carbonyl (C=O) groups is 1. The Kier molecular flexibility index (Phi) is 4.94. The second-order valence-electron chi connectivity index (χ2n) is 5.57. The minimum atomic E-state index is -3.55. The monoisotopic (exact) mass is 300 g/mol. The largest absolute Gasteiger partial charge is 0.456 e. The van der Waals surface area contributed by atoms with Gasteiger partial charge in [0.2, 0.25) is 0 Å². The van der Waals surface area contributed by atoms with Crippen LogP contribution in [0, 0.1) is 0 Å². The van der Waals surface area contributed by atoms with Crippen LogP contribution in [-0.4, -0.2) is 26.2 Å². The topological polar surface area (TPSA) is 69.7 Å². The zero-order valence-corrected chi connectivity index (χ0v) is 13.2. The molecule has 1 unspecified atom stereocenters. The lowest BCUT2D eigenvalue weighted by Gasteiger charge is -2.20. The molecule has 0 radical (unpaired) electrons. The van der Waals surface area contributed by atoms with Gasteiger partial charge in [-0.1, -0.05) is 12.1 Å². The first-order chi connectivity index (χ1) is 8.98. The molecule has 112 valence electrons. The molecule has 20 heavy (non-hydrogen) atoms. The van der Waals surface area contributed by atoms with Gasteiger partial charge in [0.25, 0.3) is 10.1 Å². The van der Waals surface area contributed by atoms with Gasteiger partial charge in [-0.25, -0.2) is 4.79 Å². The fraction of sp³-hybridized carbons (Fsp3) is 0.500. The average Bonchev–Trinajstić information content (AvgIpc) is 2.24. The van der Waals surface area contributed by atoms with E-state index in [1.165, 1.54) is 0 Å². The van der Waals surface area contributed by atoms with Crippen molar-refractivity contribution in [3.05, 3.63) is 35.4 Å². The van der Waals surface area contributed by atoms with E-state index < -0.39 is 27.8 Å². The minimum absolute atomic E-state index is 0.362. The number of rotatable bonds is 4. The number of benzene rings is 1. The molecule has 0 spiro atoms. The Hall–Kier alpha value is -1.40. The van der Waals surface area contributed by atoms with Crippen molar-refractivity contribution in [3.63, 3.8) is 0 Å². The van der Waals surface area contributed by atoms with Gasteiger partial charge in [-0.3, -0.25) is 4.18 Å². The first-order valence-electron chi connectivity index (χ1n) is 6.19. The van der Waals surface area contributed by atoms with Crippen LogP contribution in [0.4, 0.5) is 0 Å². The summed E-state index contributed by atoms with van der Waals surface area (Å²) in [5, 5.41) is 0. The van der Waals surface area contributed by atoms with Crippen molar-refractivity contribution in [3.8, 4) is 0 Å². The lowest BCUT2D eigenvalue weighted by molar-refractivity contribution is 0.00693. The number of ether oxygens (including phenoxy) is 1. The van der Waals surface area contributed by atoms with Gasteiger partial charge >= 0.3 is 5.97 Å². The van der Waals surface area contributed by atoms with Gasteiger partial charge in [-0.05, 0) is 45.4 Å². The lowest BCUT2D eigenvalue weighted by Crippen LogP contribution is -2.24. The third kappa shape index (κ3) is 5.71. The molecule has 0 aliphatic heterocycles. The maximum atomic E-state index is 11.9. The second kappa shape index (κ2) is 5.93. The first kappa shape index (κ1) is 16.7. The number of hydrogen-bond acceptors (Lipinski definition) is 5. The summed E-state index contributed by atoms with van der Waals surface area (Å²) < 4.78 is 32.4. The van der Waals surface area contributed by atoms with Gasteiger partial charge in [0.05, 0.1) is 17.9 Å². The average molecular weight is 300 g/mol. The molecule has 0 bridgehead atoms. The van der Waals surface area contributed by atoms with E-state index in [9.17, 15) is 13.2 Å². The molecule has 1 rings (SSSR count). The Balaban J connectivity index is 2.93. The van der Waals surface area contributed by atoms with E-state index in [4.69, 9.17) is 8.92 Å². The summed E-state index contributed by atoms with van der Waals surface area (Å²) in [6.45, 7) is 6.95. The highest BCUT2D eigenvalue weighted by atomic mass is 32.2. The van der Waals surface area contributed by atoms with E-state index in [0.29, 0.717) is 11.1 Å². The highest BCUT2D eigenvalue weighted by Gasteiger charge is 2.19. The van der Waals surface area contributed by atoms with Crippen molar-refractivity contribution in [2.24, 2.45) is 0 Å². The molecule has 5 nitrogen and oxygen atoms in total. The molecule has 0 aromatic heterocycles. The van der Waals surface area contributed by atoms with Gasteiger partial charge in [0, 0.05) is 0 Å². The van der Waals surface area contributed by atoms with E-state index in [2.05, 4.69) is 0 Å². The third-order valence-corrected chi connectivity index (χ3v) is 2.95. The van der Waals surface area contributed by atoms with Gasteiger partial charge in [0.1, 0.15) is 5.60 Å². The predicted octanol–water partition coefficient (Wildman–Crippen LogP) is 2.68. The van der Waals surface area contributed by atoms with Crippen LogP contribution in [0.5, 0.6) is 0 Å². The van der Waals surface area contributed by atoms with Crippen LogP contribution in [0.1, 0.15) is 49.7 Å². The number of esters is 1. The molecule has 0 heterocycles. The molecule has 0 saturated carbocycles. The molecule has 1 aromatic rings. The van der Waals surface area contributed by atoms with Gasteiger partial charge in [-0.15, -0.1) is 0 Å². The molecule has 0 fully saturated rings. The number of carbonyl (C=O) groups excluding carboxylic acids is 1. The summed E-state index contributed by atoms with van der Waals surface area (Å²) in [6, 6.07) is 6.55. The molecular weight excluding hydrogens is 280 g/mol. The summed E-state index contributed by atoms with van der Waals surface area (Å²) in [6.07, 6.45) is 0.327. The van der Waals surface area contributed by atoms with Crippen molar-refractivity contribution in [2.45, 2.75) is 39.4 Å². The summed E-state index contributed by atoms with van der Waals surface area (Å²) >= 11 is 0.